The normalized spacial score (nSPS) is 14.4. The average Bonchev–Trinajstić information content (AvgIpc) is 3.35. The van der Waals surface area contributed by atoms with Crippen molar-refractivity contribution < 1.29 is 23.2 Å². The zero-order valence-corrected chi connectivity index (χ0v) is 23.2. The molecule has 1 amide bonds. The second-order valence-electron chi connectivity index (χ2n) is 9.88. The van der Waals surface area contributed by atoms with E-state index in [9.17, 15) is 18.7 Å². The third-order valence-corrected chi connectivity index (χ3v) is 6.63. The zero-order chi connectivity index (χ0) is 29.0. The van der Waals surface area contributed by atoms with Crippen LogP contribution in [0.15, 0.2) is 47.0 Å². The van der Waals surface area contributed by atoms with Gasteiger partial charge in [-0.25, -0.2) is 8.78 Å². The molecule has 0 bridgehead atoms. The van der Waals surface area contributed by atoms with Gasteiger partial charge in [0.05, 0.1) is 11.6 Å². The number of halogens is 2. The van der Waals surface area contributed by atoms with E-state index in [-0.39, 0.29) is 18.7 Å². The van der Waals surface area contributed by atoms with Gasteiger partial charge in [-0.1, -0.05) is 30.3 Å². The molecule has 0 spiro atoms. The number of carbonyl (C=O) groups is 1. The highest BCUT2D eigenvalue weighted by atomic mass is 19.1. The molecule has 2 atom stereocenters. The van der Waals surface area contributed by atoms with Gasteiger partial charge in [-0.15, -0.1) is 12.8 Å². The topological polar surface area (TPSA) is 87.4 Å². The molecule has 3 aromatic rings. The Morgan fingerprint density at radius 3 is 2.28 bits per heavy atom. The molecular formula is C31H39F2N3O3. The first-order valence-corrected chi connectivity index (χ1v) is 13.1. The molecule has 210 valence electrons. The van der Waals surface area contributed by atoms with Crippen molar-refractivity contribution >= 4 is 5.91 Å². The molecule has 0 aliphatic heterocycles. The van der Waals surface area contributed by atoms with Gasteiger partial charge in [0.25, 0.3) is 5.91 Å². The number of aliphatic hydroxyl groups is 1. The quantitative estimate of drug-likeness (QED) is 0.353. The lowest BCUT2D eigenvalue weighted by Crippen LogP contribution is -2.56. The van der Waals surface area contributed by atoms with Crippen LogP contribution < -0.4 is 10.6 Å². The van der Waals surface area contributed by atoms with Crippen molar-refractivity contribution in [2.45, 2.75) is 70.9 Å². The highest BCUT2D eigenvalue weighted by Crippen LogP contribution is 2.22. The maximum Gasteiger partial charge on any atom is 0.273 e. The summed E-state index contributed by atoms with van der Waals surface area (Å²) in [5.41, 5.74) is 3.71. The van der Waals surface area contributed by atoms with Crippen LogP contribution >= 0.6 is 0 Å². The van der Waals surface area contributed by atoms with E-state index >= 15 is 0 Å². The first kappa shape index (κ1) is 31.7. The summed E-state index contributed by atoms with van der Waals surface area (Å²) in [7, 11) is 1.65. The second-order valence-corrected chi connectivity index (χ2v) is 9.88. The number of rotatable bonds is 8. The number of terminal acetylenes is 1. The van der Waals surface area contributed by atoms with Crippen LogP contribution in [0.5, 0.6) is 0 Å². The van der Waals surface area contributed by atoms with E-state index in [1.165, 1.54) is 50.7 Å². The van der Waals surface area contributed by atoms with Crippen molar-refractivity contribution in [3.05, 3.63) is 87.8 Å². The van der Waals surface area contributed by atoms with Gasteiger partial charge < -0.3 is 20.3 Å². The molecule has 2 aromatic carbocycles. The van der Waals surface area contributed by atoms with Crippen LogP contribution in [0.1, 0.15) is 65.2 Å². The first-order valence-electron chi connectivity index (χ1n) is 13.1. The van der Waals surface area contributed by atoms with Crippen molar-refractivity contribution in [2.75, 3.05) is 13.6 Å². The molecule has 0 unspecified atom stereocenters. The molecule has 6 nitrogen and oxygen atoms in total. The summed E-state index contributed by atoms with van der Waals surface area (Å²) in [4.78, 5) is 12.3. The summed E-state index contributed by atoms with van der Waals surface area (Å²) in [5.74, 6) is -1.52. The van der Waals surface area contributed by atoms with Crippen molar-refractivity contribution in [3.8, 4) is 12.8 Å². The average molecular weight is 540 g/mol. The van der Waals surface area contributed by atoms with E-state index in [0.717, 1.165) is 18.2 Å². The van der Waals surface area contributed by atoms with E-state index < -0.39 is 29.2 Å². The smallest absolute Gasteiger partial charge is 0.273 e. The number of hydrogen-bond acceptors (Lipinski definition) is 5. The molecule has 8 heteroatoms. The minimum absolute atomic E-state index is 0.0337. The Labute approximate surface area is 230 Å². The van der Waals surface area contributed by atoms with Crippen molar-refractivity contribution in [2.24, 2.45) is 0 Å². The fourth-order valence-electron chi connectivity index (χ4n) is 4.58. The van der Waals surface area contributed by atoms with Crippen molar-refractivity contribution in [1.82, 2.24) is 15.8 Å². The van der Waals surface area contributed by atoms with Gasteiger partial charge in [0.1, 0.15) is 17.4 Å². The molecule has 3 N–H and O–H groups in total. The second kappa shape index (κ2) is 15.2. The van der Waals surface area contributed by atoms with Gasteiger partial charge in [0.2, 0.25) is 0 Å². The third-order valence-electron chi connectivity index (χ3n) is 6.63. The number of hydrogen-bond donors (Lipinski definition) is 3. The van der Waals surface area contributed by atoms with Gasteiger partial charge >= 0.3 is 0 Å². The number of nitrogens with one attached hydrogen (secondary N) is 2. The monoisotopic (exact) mass is 539 g/mol. The number of carbonyl (C=O) groups excluding carboxylic acids is 1. The molecule has 39 heavy (non-hydrogen) atoms. The molecule has 0 fully saturated rings. The fraction of sp³-hybridized carbons (Fsp3) is 0.419. The number of benzene rings is 2. The van der Waals surface area contributed by atoms with Gasteiger partial charge in [-0.3, -0.25) is 4.79 Å². The highest BCUT2D eigenvalue weighted by molar-refractivity contribution is 5.92. The fourth-order valence-corrected chi connectivity index (χ4v) is 4.58. The van der Waals surface area contributed by atoms with Gasteiger partial charge in [0, 0.05) is 18.7 Å². The lowest BCUT2D eigenvalue weighted by Gasteiger charge is -2.33. The van der Waals surface area contributed by atoms with E-state index in [4.69, 9.17) is 4.52 Å². The van der Waals surface area contributed by atoms with Crippen LogP contribution in [0.4, 0.5) is 8.78 Å². The largest absolute Gasteiger partial charge is 0.387 e. The Hall–Kier alpha value is -3.54. The number of aryl methyl sites for hydroxylation is 4. The Bertz CT molecular complexity index is 1220. The summed E-state index contributed by atoms with van der Waals surface area (Å²) in [6.45, 7) is 5.56. The molecule has 1 heterocycles. The van der Waals surface area contributed by atoms with Crippen LogP contribution in [-0.4, -0.2) is 41.4 Å². The maximum atomic E-state index is 13.4. The number of aromatic nitrogens is 1. The lowest BCUT2D eigenvalue weighted by molar-refractivity contribution is 0.0204. The Kier molecular flexibility index (Phi) is 12.3. The standard InChI is InChI=1S/C17H21F2N3O3.C12H16.C2H2/c1-10-4-14(22-25-10)16(23)21-15(17(2,24)9-20-3)7-11-5-12(18)8-13(19)6-11;1-2-10-7-8-11-5-3-4-6-12(11)9-10;1-2/h4-6,8,15,20,24H,7,9H2,1-3H3,(H,21,23);7-9H,2-6H2,1H3;1-2H/t15-,17+;;/m0../s1. The van der Waals surface area contributed by atoms with Crippen molar-refractivity contribution in [1.29, 1.82) is 0 Å². The predicted octanol–water partition coefficient (Wildman–Crippen LogP) is 4.95. The van der Waals surface area contributed by atoms with Crippen LogP contribution in [-0.2, 0) is 25.7 Å². The maximum absolute atomic E-state index is 13.4. The Balaban J connectivity index is 0.000000315. The lowest BCUT2D eigenvalue weighted by atomic mass is 9.90. The summed E-state index contributed by atoms with van der Waals surface area (Å²) in [6, 6.07) is 10.7. The molecule has 4 rings (SSSR count). The summed E-state index contributed by atoms with van der Waals surface area (Å²) < 4.78 is 31.7. The summed E-state index contributed by atoms with van der Waals surface area (Å²) >= 11 is 0. The zero-order valence-electron chi connectivity index (χ0n) is 23.2. The van der Waals surface area contributed by atoms with E-state index in [2.05, 4.69) is 53.8 Å². The SMILES string of the molecule is C#C.CCc1ccc2c(c1)CCCC2.CNC[C@@](C)(O)[C@H](Cc1cc(F)cc(F)c1)NC(=O)c1cc(C)on1. The van der Waals surface area contributed by atoms with Crippen LogP contribution in [0.25, 0.3) is 0 Å². The molecule has 1 aliphatic carbocycles. The van der Waals surface area contributed by atoms with Crippen LogP contribution in [0.3, 0.4) is 0 Å². The number of nitrogens with zero attached hydrogens (tertiary/aromatic N) is 1. The minimum Gasteiger partial charge on any atom is -0.387 e. The van der Waals surface area contributed by atoms with E-state index in [1.807, 2.05) is 0 Å². The molecule has 1 aliphatic rings. The first-order chi connectivity index (χ1) is 18.6. The summed E-state index contributed by atoms with van der Waals surface area (Å²) in [6.07, 6.45) is 14.6. The number of amides is 1. The van der Waals surface area contributed by atoms with E-state index in [0.29, 0.717) is 11.3 Å². The molecular weight excluding hydrogens is 500 g/mol. The van der Waals surface area contributed by atoms with E-state index in [1.54, 1.807) is 25.1 Å². The van der Waals surface area contributed by atoms with Crippen LogP contribution in [0, 0.1) is 31.4 Å². The summed E-state index contributed by atoms with van der Waals surface area (Å²) in [5, 5.41) is 19.8. The minimum atomic E-state index is -1.37. The molecule has 0 saturated heterocycles. The van der Waals surface area contributed by atoms with Gasteiger partial charge in [-0.2, -0.15) is 0 Å². The van der Waals surface area contributed by atoms with Crippen molar-refractivity contribution in [3.63, 3.8) is 0 Å². The van der Waals surface area contributed by atoms with Crippen LogP contribution in [0.2, 0.25) is 0 Å². The Morgan fingerprint density at radius 1 is 1.08 bits per heavy atom. The molecule has 1 aromatic heterocycles. The number of likely N-dealkylation sites (N-methyl/N-ethyl adjacent to an activating group) is 1. The third kappa shape index (κ3) is 9.61. The molecule has 0 radical (unpaired) electrons. The van der Waals surface area contributed by atoms with Gasteiger partial charge in [-0.05, 0) is 93.8 Å². The highest BCUT2D eigenvalue weighted by Gasteiger charge is 2.33. The predicted molar refractivity (Wildman–Crippen MR) is 149 cm³/mol. The number of fused-ring (bicyclic) bond motifs is 1. The van der Waals surface area contributed by atoms with Gasteiger partial charge in [0.15, 0.2) is 5.69 Å². The Morgan fingerprint density at radius 2 is 1.72 bits per heavy atom. The molecule has 0 saturated carbocycles.